The minimum absolute atomic E-state index is 0.931. The van der Waals surface area contributed by atoms with Gasteiger partial charge in [0.15, 0.2) is 0 Å². The molecule has 0 aromatic rings. The monoisotopic (exact) mass is 178 g/mol. The first-order valence-corrected chi connectivity index (χ1v) is 5.86. The highest BCUT2D eigenvalue weighted by Crippen LogP contribution is 2.44. The summed E-state index contributed by atoms with van der Waals surface area (Å²) < 4.78 is 0. The van der Waals surface area contributed by atoms with Crippen LogP contribution >= 0.6 is 0 Å². The molecule has 0 amide bonds. The smallest absolute Gasteiger partial charge is 0.0200 e. The van der Waals surface area contributed by atoms with Crippen LogP contribution in [0.1, 0.15) is 46.5 Å². The molecule has 74 valence electrons. The summed E-state index contributed by atoms with van der Waals surface area (Å²) in [7, 11) is 0. The topological polar surface area (TPSA) is 0 Å². The van der Waals surface area contributed by atoms with E-state index in [1.807, 2.05) is 0 Å². The molecular formula is C13H22. The molecule has 0 N–H and O–H groups in total. The third kappa shape index (κ3) is 1.68. The second-order valence-corrected chi connectivity index (χ2v) is 5.29. The number of allylic oxidation sites excluding steroid dienone is 2. The Morgan fingerprint density at radius 1 is 1.15 bits per heavy atom. The minimum Gasteiger partial charge on any atom is -0.0822 e. The lowest BCUT2D eigenvalue weighted by molar-refractivity contribution is 0.123. The molecule has 2 aliphatic rings. The van der Waals surface area contributed by atoms with Crippen LogP contribution in [0.4, 0.5) is 0 Å². The highest BCUT2D eigenvalue weighted by atomic mass is 14.4. The van der Waals surface area contributed by atoms with Crippen LogP contribution in [0.5, 0.6) is 0 Å². The van der Waals surface area contributed by atoms with Crippen LogP contribution in [0.2, 0.25) is 0 Å². The van der Waals surface area contributed by atoms with Crippen molar-refractivity contribution in [2.75, 3.05) is 0 Å². The van der Waals surface area contributed by atoms with Crippen molar-refractivity contribution in [1.29, 1.82) is 0 Å². The van der Waals surface area contributed by atoms with Crippen LogP contribution in [0.15, 0.2) is 11.6 Å². The Morgan fingerprint density at radius 3 is 2.69 bits per heavy atom. The molecule has 13 heavy (non-hydrogen) atoms. The van der Waals surface area contributed by atoms with Gasteiger partial charge in [-0.1, -0.05) is 25.5 Å². The standard InChI is InChI=1S/C13H22/c1-9-4-7-13-11(3)10(2)5-6-12(13)8-9/h8,10-13H,4-7H2,1-3H3. The zero-order chi connectivity index (χ0) is 9.42. The first-order valence-electron chi connectivity index (χ1n) is 5.86. The van der Waals surface area contributed by atoms with Gasteiger partial charge in [0.1, 0.15) is 0 Å². The van der Waals surface area contributed by atoms with Gasteiger partial charge in [0.2, 0.25) is 0 Å². The predicted octanol–water partition coefficient (Wildman–Crippen LogP) is 4.02. The van der Waals surface area contributed by atoms with Crippen molar-refractivity contribution < 1.29 is 0 Å². The lowest BCUT2D eigenvalue weighted by Gasteiger charge is -2.42. The fourth-order valence-corrected chi connectivity index (χ4v) is 3.27. The van der Waals surface area contributed by atoms with Crippen LogP contribution < -0.4 is 0 Å². The van der Waals surface area contributed by atoms with Gasteiger partial charge in [-0.3, -0.25) is 0 Å². The van der Waals surface area contributed by atoms with E-state index in [2.05, 4.69) is 26.8 Å². The molecule has 0 saturated heterocycles. The molecule has 0 aromatic carbocycles. The Balaban J connectivity index is 2.13. The molecule has 4 unspecified atom stereocenters. The third-order valence-electron chi connectivity index (χ3n) is 4.45. The summed E-state index contributed by atoms with van der Waals surface area (Å²) in [6.07, 6.45) is 8.28. The van der Waals surface area contributed by atoms with Crippen LogP contribution in [0.25, 0.3) is 0 Å². The van der Waals surface area contributed by atoms with Crippen molar-refractivity contribution in [3.63, 3.8) is 0 Å². The van der Waals surface area contributed by atoms with Crippen molar-refractivity contribution in [3.8, 4) is 0 Å². The van der Waals surface area contributed by atoms with Gasteiger partial charge in [0.05, 0.1) is 0 Å². The van der Waals surface area contributed by atoms with Crippen molar-refractivity contribution in [2.45, 2.75) is 46.5 Å². The first kappa shape index (κ1) is 9.30. The van der Waals surface area contributed by atoms with E-state index in [1.165, 1.54) is 25.7 Å². The highest BCUT2D eigenvalue weighted by Gasteiger charge is 2.34. The molecule has 0 heterocycles. The molecule has 2 rings (SSSR count). The molecule has 2 aliphatic carbocycles. The van der Waals surface area contributed by atoms with Gasteiger partial charge < -0.3 is 0 Å². The number of fused-ring (bicyclic) bond motifs is 1. The second kappa shape index (κ2) is 3.48. The minimum atomic E-state index is 0.931. The summed E-state index contributed by atoms with van der Waals surface area (Å²) in [6.45, 7) is 7.21. The largest absolute Gasteiger partial charge is 0.0822 e. The molecule has 0 radical (unpaired) electrons. The fourth-order valence-electron chi connectivity index (χ4n) is 3.27. The maximum absolute atomic E-state index is 2.57. The zero-order valence-electron chi connectivity index (χ0n) is 9.22. The van der Waals surface area contributed by atoms with E-state index in [1.54, 1.807) is 5.57 Å². The van der Waals surface area contributed by atoms with Gasteiger partial charge in [-0.15, -0.1) is 0 Å². The van der Waals surface area contributed by atoms with Crippen molar-refractivity contribution in [2.24, 2.45) is 23.7 Å². The van der Waals surface area contributed by atoms with Gasteiger partial charge in [0, 0.05) is 0 Å². The van der Waals surface area contributed by atoms with E-state index in [0.29, 0.717) is 0 Å². The molecule has 0 aromatic heterocycles. The molecule has 0 spiro atoms. The van der Waals surface area contributed by atoms with E-state index in [4.69, 9.17) is 0 Å². The Morgan fingerprint density at radius 2 is 1.92 bits per heavy atom. The van der Waals surface area contributed by atoms with Crippen molar-refractivity contribution in [3.05, 3.63) is 11.6 Å². The van der Waals surface area contributed by atoms with E-state index in [0.717, 1.165) is 23.7 Å². The summed E-state index contributed by atoms with van der Waals surface area (Å²) in [6, 6.07) is 0. The first-order chi connectivity index (χ1) is 6.18. The van der Waals surface area contributed by atoms with E-state index >= 15 is 0 Å². The van der Waals surface area contributed by atoms with Crippen LogP contribution in [-0.4, -0.2) is 0 Å². The number of rotatable bonds is 0. The Hall–Kier alpha value is -0.260. The summed E-state index contributed by atoms with van der Waals surface area (Å²) >= 11 is 0. The van der Waals surface area contributed by atoms with Gasteiger partial charge in [-0.05, 0) is 56.3 Å². The SMILES string of the molecule is CC1=CC2CCC(C)C(C)C2CC1. The van der Waals surface area contributed by atoms with Crippen LogP contribution in [0.3, 0.4) is 0 Å². The van der Waals surface area contributed by atoms with Crippen LogP contribution in [-0.2, 0) is 0 Å². The van der Waals surface area contributed by atoms with E-state index in [9.17, 15) is 0 Å². The lowest BCUT2D eigenvalue weighted by Crippen LogP contribution is -2.32. The van der Waals surface area contributed by atoms with Crippen molar-refractivity contribution in [1.82, 2.24) is 0 Å². The molecule has 1 saturated carbocycles. The summed E-state index contributed by atoms with van der Waals surface area (Å²) in [5.41, 5.74) is 1.64. The lowest BCUT2D eigenvalue weighted by atomic mass is 9.64. The molecule has 0 heteroatoms. The maximum Gasteiger partial charge on any atom is -0.0200 e. The third-order valence-corrected chi connectivity index (χ3v) is 4.45. The molecule has 0 nitrogen and oxygen atoms in total. The van der Waals surface area contributed by atoms with E-state index < -0.39 is 0 Å². The Labute approximate surface area is 82.4 Å². The predicted molar refractivity (Wildman–Crippen MR) is 57.5 cm³/mol. The number of hydrogen-bond donors (Lipinski definition) is 0. The normalized spacial score (nSPS) is 45.3. The zero-order valence-corrected chi connectivity index (χ0v) is 9.22. The Kier molecular flexibility index (Phi) is 2.49. The molecule has 4 atom stereocenters. The quantitative estimate of drug-likeness (QED) is 0.491. The average molecular weight is 178 g/mol. The summed E-state index contributed by atoms with van der Waals surface area (Å²) in [5, 5.41) is 0. The summed E-state index contributed by atoms with van der Waals surface area (Å²) in [4.78, 5) is 0. The molecule has 0 aliphatic heterocycles. The van der Waals surface area contributed by atoms with Crippen LogP contribution in [0, 0.1) is 23.7 Å². The average Bonchev–Trinajstić information content (AvgIpc) is 2.12. The molecular weight excluding hydrogens is 156 g/mol. The number of hydrogen-bond acceptors (Lipinski definition) is 0. The van der Waals surface area contributed by atoms with Gasteiger partial charge in [-0.2, -0.15) is 0 Å². The fraction of sp³-hybridized carbons (Fsp3) is 0.846. The van der Waals surface area contributed by atoms with Gasteiger partial charge in [-0.25, -0.2) is 0 Å². The molecule has 1 fully saturated rings. The van der Waals surface area contributed by atoms with Gasteiger partial charge >= 0.3 is 0 Å². The van der Waals surface area contributed by atoms with Crippen molar-refractivity contribution >= 4 is 0 Å². The Bertz CT molecular complexity index is 214. The highest BCUT2D eigenvalue weighted by molar-refractivity contribution is 5.09. The second-order valence-electron chi connectivity index (χ2n) is 5.29. The maximum atomic E-state index is 2.57. The van der Waals surface area contributed by atoms with Gasteiger partial charge in [0.25, 0.3) is 0 Å². The molecule has 0 bridgehead atoms. The van der Waals surface area contributed by atoms with E-state index in [-0.39, 0.29) is 0 Å². The summed E-state index contributed by atoms with van der Waals surface area (Å²) in [5.74, 6) is 3.86.